The van der Waals surface area contributed by atoms with Crippen LogP contribution < -0.4 is 5.32 Å². The Morgan fingerprint density at radius 2 is 1.62 bits per heavy atom. The van der Waals surface area contributed by atoms with E-state index >= 15 is 0 Å². The number of carbonyl (C=O) groups excluding carboxylic acids is 3. The van der Waals surface area contributed by atoms with Crippen molar-refractivity contribution in [3.63, 3.8) is 0 Å². The van der Waals surface area contributed by atoms with Crippen LogP contribution in [0.3, 0.4) is 0 Å². The van der Waals surface area contributed by atoms with Crippen LogP contribution in [0.5, 0.6) is 0 Å². The number of nitrogens with zero attached hydrogens (tertiary/aromatic N) is 2. The van der Waals surface area contributed by atoms with Gasteiger partial charge in [0.15, 0.2) is 0 Å². The molecule has 2 unspecified atom stereocenters. The molecule has 3 aromatic carbocycles. The Kier molecular flexibility index (Phi) is 8.44. The van der Waals surface area contributed by atoms with Crippen LogP contribution in [0.15, 0.2) is 83.8 Å². The van der Waals surface area contributed by atoms with Crippen molar-refractivity contribution in [3.8, 4) is 0 Å². The van der Waals surface area contributed by atoms with Crippen LogP contribution in [0.1, 0.15) is 41.8 Å². The standard InChI is InChI=1S/C29H30FN3O5S/c1-3-20(2)31-28(35)25(17-21-11-5-4-6-12-21)32(18-22-13-7-9-15-24(22)30)27(34)19-33-29(36)23-14-8-10-16-26(23)39(33,37)38/h4-16,20,25H,3,17-19H2,1-2H3,(H,31,35). The third-order valence-corrected chi connectivity index (χ3v) is 8.55. The fraction of sp³-hybridized carbons (Fsp3) is 0.276. The molecule has 0 radical (unpaired) electrons. The minimum atomic E-state index is -4.27. The molecule has 0 fully saturated rings. The van der Waals surface area contributed by atoms with E-state index in [-0.39, 0.29) is 35.0 Å². The Morgan fingerprint density at radius 1 is 0.974 bits per heavy atom. The van der Waals surface area contributed by atoms with Gasteiger partial charge in [-0.2, -0.15) is 0 Å². The molecule has 3 aromatic rings. The Balaban J connectivity index is 1.73. The van der Waals surface area contributed by atoms with Gasteiger partial charge in [0.05, 0.1) is 5.56 Å². The maximum Gasteiger partial charge on any atom is 0.269 e. The lowest BCUT2D eigenvalue weighted by Crippen LogP contribution is -2.54. The molecular formula is C29H30FN3O5S. The van der Waals surface area contributed by atoms with Crippen molar-refractivity contribution in [3.05, 3.63) is 101 Å². The first-order valence-corrected chi connectivity index (χ1v) is 14.1. The van der Waals surface area contributed by atoms with E-state index in [1.807, 2.05) is 19.9 Å². The Labute approximate surface area is 227 Å². The normalized spacial score (nSPS) is 15.4. The van der Waals surface area contributed by atoms with E-state index < -0.39 is 46.1 Å². The average molecular weight is 552 g/mol. The topological polar surface area (TPSA) is 104 Å². The summed E-state index contributed by atoms with van der Waals surface area (Å²) in [5, 5.41) is 2.89. The van der Waals surface area contributed by atoms with Crippen LogP contribution in [-0.2, 0) is 32.6 Å². The van der Waals surface area contributed by atoms with Gasteiger partial charge in [-0.05, 0) is 37.1 Å². The lowest BCUT2D eigenvalue weighted by atomic mass is 10.0. The summed E-state index contributed by atoms with van der Waals surface area (Å²) >= 11 is 0. The summed E-state index contributed by atoms with van der Waals surface area (Å²) in [6.07, 6.45) is 0.744. The van der Waals surface area contributed by atoms with E-state index in [9.17, 15) is 27.2 Å². The van der Waals surface area contributed by atoms with Crippen molar-refractivity contribution in [1.29, 1.82) is 0 Å². The van der Waals surface area contributed by atoms with Crippen LogP contribution in [0, 0.1) is 5.82 Å². The van der Waals surface area contributed by atoms with Crippen LogP contribution in [0.2, 0.25) is 0 Å². The first-order chi connectivity index (χ1) is 18.6. The van der Waals surface area contributed by atoms with Crippen LogP contribution in [-0.4, -0.2) is 54.0 Å². The van der Waals surface area contributed by atoms with E-state index in [1.165, 1.54) is 42.5 Å². The highest BCUT2D eigenvalue weighted by atomic mass is 32.2. The van der Waals surface area contributed by atoms with E-state index in [2.05, 4.69) is 5.32 Å². The molecule has 1 aliphatic heterocycles. The smallest absolute Gasteiger partial charge is 0.269 e. The molecule has 0 bridgehead atoms. The minimum absolute atomic E-state index is 0.0266. The first-order valence-electron chi connectivity index (χ1n) is 12.7. The van der Waals surface area contributed by atoms with Crippen molar-refractivity contribution in [1.82, 2.24) is 14.5 Å². The molecule has 1 aliphatic rings. The van der Waals surface area contributed by atoms with Crippen molar-refractivity contribution in [2.45, 2.75) is 50.2 Å². The highest BCUT2D eigenvalue weighted by molar-refractivity contribution is 7.90. The molecule has 204 valence electrons. The number of rotatable bonds is 10. The summed E-state index contributed by atoms with van der Waals surface area (Å²) in [5.74, 6) is -2.66. The lowest BCUT2D eigenvalue weighted by molar-refractivity contribution is -0.141. The number of fused-ring (bicyclic) bond motifs is 1. The molecule has 1 N–H and O–H groups in total. The molecule has 0 saturated heterocycles. The number of hydrogen-bond donors (Lipinski definition) is 1. The number of amides is 3. The number of halogens is 1. The molecule has 4 rings (SSSR count). The van der Waals surface area contributed by atoms with Gasteiger partial charge < -0.3 is 10.2 Å². The number of carbonyl (C=O) groups is 3. The monoisotopic (exact) mass is 551 g/mol. The quantitative estimate of drug-likeness (QED) is 0.415. The molecule has 0 saturated carbocycles. The Morgan fingerprint density at radius 3 is 2.28 bits per heavy atom. The summed E-state index contributed by atoms with van der Waals surface area (Å²) in [4.78, 5) is 41.4. The van der Waals surface area contributed by atoms with Crippen LogP contribution >= 0.6 is 0 Å². The first kappa shape index (κ1) is 28.0. The van der Waals surface area contributed by atoms with Gasteiger partial charge in [-0.15, -0.1) is 0 Å². The zero-order valence-corrected chi connectivity index (χ0v) is 22.5. The van der Waals surface area contributed by atoms with Crippen molar-refractivity contribution < 1.29 is 27.2 Å². The number of hydrogen-bond acceptors (Lipinski definition) is 5. The van der Waals surface area contributed by atoms with E-state index in [1.54, 1.807) is 30.3 Å². The average Bonchev–Trinajstić information content (AvgIpc) is 3.12. The Hall–Kier alpha value is -4.05. The van der Waals surface area contributed by atoms with Gasteiger partial charge in [0, 0.05) is 24.6 Å². The van der Waals surface area contributed by atoms with E-state index in [4.69, 9.17) is 0 Å². The summed E-state index contributed by atoms with van der Waals surface area (Å²) in [5.41, 5.74) is 0.880. The summed E-state index contributed by atoms with van der Waals surface area (Å²) in [6, 6.07) is 19.3. The second-order valence-electron chi connectivity index (χ2n) is 9.45. The Bertz CT molecular complexity index is 1480. The lowest BCUT2D eigenvalue weighted by Gasteiger charge is -2.33. The summed E-state index contributed by atoms with van der Waals surface area (Å²) < 4.78 is 41.5. The molecular weight excluding hydrogens is 521 g/mol. The molecule has 2 atom stereocenters. The van der Waals surface area contributed by atoms with Crippen LogP contribution in [0.25, 0.3) is 0 Å². The van der Waals surface area contributed by atoms with Gasteiger partial charge in [-0.3, -0.25) is 14.4 Å². The summed E-state index contributed by atoms with van der Waals surface area (Å²) in [7, 11) is -4.27. The molecule has 1 heterocycles. The molecule has 10 heteroatoms. The van der Waals surface area contributed by atoms with Gasteiger partial charge >= 0.3 is 0 Å². The third kappa shape index (κ3) is 6.01. The van der Waals surface area contributed by atoms with E-state index in [0.717, 1.165) is 10.5 Å². The maximum atomic E-state index is 14.7. The highest BCUT2D eigenvalue weighted by Gasteiger charge is 2.43. The number of benzene rings is 3. The third-order valence-electron chi connectivity index (χ3n) is 6.76. The number of sulfonamides is 1. The SMILES string of the molecule is CCC(C)NC(=O)C(Cc1ccccc1)N(Cc1ccccc1F)C(=O)CN1C(=O)c2ccccc2S1(=O)=O. The fourth-order valence-corrected chi connectivity index (χ4v) is 5.92. The second kappa shape index (κ2) is 11.8. The fourth-order valence-electron chi connectivity index (χ4n) is 4.41. The van der Waals surface area contributed by atoms with Gasteiger partial charge in [-0.1, -0.05) is 67.6 Å². The minimum Gasteiger partial charge on any atom is -0.352 e. The van der Waals surface area contributed by atoms with Gasteiger partial charge in [0.25, 0.3) is 15.9 Å². The van der Waals surface area contributed by atoms with Crippen LogP contribution in [0.4, 0.5) is 4.39 Å². The maximum absolute atomic E-state index is 14.7. The van der Waals surface area contributed by atoms with Crippen molar-refractivity contribution in [2.75, 3.05) is 6.54 Å². The summed E-state index contributed by atoms with van der Waals surface area (Å²) in [6.45, 7) is 2.60. The van der Waals surface area contributed by atoms with Gasteiger partial charge in [0.2, 0.25) is 11.8 Å². The number of nitrogens with one attached hydrogen (secondary N) is 1. The molecule has 0 aliphatic carbocycles. The predicted molar refractivity (Wildman–Crippen MR) is 143 cm³/mol. The van der Waals surface area contributed by atoms with E-state index in [0.29, 0.717) is 10.7 Å². The zero-order valence-electron chi connectivity index (χ0n) is 21.7. The van der Waals surface area contributed by atoms with Crippen molar-refractivity contribution >= 4 is 27.7 Å². The molecule has 0 aromatic heterocycles. The van der Waals surface area contributed by atoms with Crippen molar-refractivity contribution in [2.24, 2.45) is 0 Å². The molecule has 8 nitrogen and oxygen atoms in total. The zero-order chi connectivity index (χ0) is 28.2. The molecule has 39 heavy (non-hydrogen) atoms. The predicted octanol–water partition coefficient (Wildman–Crippen LogP) is 3.53. The molecule has 3 amide bonds. The molecule has 0 spiro atoms. The highest BCUT2D eigenvalue weighted by Crippen LogP contribution is 2.30. The second-order valence-corrected chi connectivity index (χ2v) is 11.3. The largest absolute Gasteiger partial charge is 0.352 e. The van der Waals surface area contributed by atoms with Gasteiger partial charge in [0.1, 0.15) is 23.3 Å². The van der Waals surface area contributed by atoms with Gasteiger partial charge in [-0.25, -0.2) is 17.1 Å².